The minimum Gasteiger partial charge on any atom is -0.481 e. The van der Waals surface area contributed by atoms with Crippen molar-refractivity contribution < 1.29 is 28.2 Å². The molecule has 0 bridgehead atoms. The first kappa shape index (κ1) is 20.6. The van der Waals surface area contributed by atoms with Crippen LogP contribution in [0.2, 0.25) is 0 Å². The van der Waals surface area contributed by atoms with Crippen LogP contribution < -0.4 is 15.2 Å². The third-order valence-electron chi connectivity index (χ3n) is 3.94. The summed E-state index contributed by atoms with van der Waals surface area (Å²) < 4.78 is 25.4. The molecule has 0 aromatic heterocycles. The molecule has 0 unspecified atom stereocenters. The Labute approximate surface area is 156 Å². The molecule has 4 N–H and O–H groups in total. The lowest BCUT2D eigenvalue weighted by atomic mass is 10.1. The van der Waals surface area contributed by atoms with Crippen LogP contribution in [0.15, 0.2) is 41.3 Å². The summed E-state index contributed by atoms with van der Waals surface area (Å²) in [5, 5.41) is 19.0. The summed E-state index contributed by atoms with van der Waals surface area (Å²) in [6, 6.07) is 8.69. The first-order valence-corrected chi connectivity index (χ1v) is 9.53. The summed E-state index contributed by atoms with van der Waals surface area (Å²) >= 11 is 0. The van der Waals surface area contributed by atoms with Crippen molar-refractivity contribution in [1.82, 2.24) is 10.3 Å². The summed E-state index contributed by atoms with van der Waals surface area (Å²) in [5.74, 6) is -2.53. The number of nitrogens with zero attached hydrogens (tertiary/aromatic N) is 1. The van der Waals surface area contributed by atoms with Crippen molar-refractivity contribution in [3.05, 3.63) is 36.4 Å². The molecule has 0 aliphatic rings. The minimum atomic E-state index is -4.09. The first-order chi connectivity index (χ1) is 12.6. The molecule has 27 heavy (non-hydrogen) atoms. The number of hydrogen-bond acceptors (Lipinski definition) is 6. The maximum Gasteiger partial charge on any atom is 0.322 e. The van der Waals surface area contributed by atoms with Crippen molar-refractivity contribution >= 4 is 38.4 Å². The van der Waals surface area contributed by atoms with Crippen molar-refractivity contribution in [1.29, 1.82) is 0 Å². The van der Waals surface area contributed by atoms with Crippen molar-refractivity contribution in [3.8, 4) is 0 Å². The topological polar surface area (TPSA) is 136 Å². The normalized spacial score (nSPS) is 12.7. The second-order valence-corrected chi connectivity index (χ2v) is 7.75. The number of carboxylic acid groups (broad SMARTS) is 2. The van der Waals surface area contributed by atoms with Crippen LogP contribution in [-0.2, 0) is 19.6 Å². The standard InChI is InChI=1S/C17H21N3O6S/c1-20(2)14-7-3-6-12-11(14)5-4-8-15(12)27(25,26)19-18-13(17(23)24)9-10-16(21)22/h3-8,13,18-19H,9-10H2,1-2H3,(H,21,22)(H,23,24)/t13-/m0/s1. The molecule has 10 heteroatoms. The van der Waals surface area contributed by atoms with Gasteiger partial charge in [-0.3, -0.25) is 9.59 Å². The number of anilines is 1. The Hall–Kier alpha value is -2.69. The molecular weight excluding hydrogens is 374 g/mol. The van der Waals surface area contributed by atoms with E-state index in [9.17, 15) is 18.0 Å². The monoisotopic (exact) mass is 395 g/mol. The number of hydrogen-bond donors (Lipinski definition) is 4. The molecule has 0 amide bonds. The van der Waals surface area contributed by atoms with Gasteiger partial charge in [0.25, 0.3) is 10.0 Å². The molecule has 2 aromatic carbocycles. The Morgan fingerprint density at radius 1 is 1.07 bits per heavy atom. The SMILES string of the molecule is CN(C)c1cccc2c(S(=O)(=O)NN[C@@H](CCC(=O)O)C(=O)O)cccc12. The van der Waals surface area contributed by atoms with E-state index in [1.165, 1.54) is 6.07 Å². The maximum absolute atomic E-state index is 12.7. The summed E-state index contributed by atoms with van der Waals surface area (Å²) in [6.45, 7) is 0. The van der Waals surface area contributed by atoms with E-state index < -0.39 is 34.4 Å². The molecule has 0 spiro atoms. The van der Waals surface area contributed by atoms with Gasteiger partial charge in [0.15, 0.2) is 0 Å². The molecule has 0 aliphatic heterocycles. The average molecular weight is 395 g/mol. The second-order valence-electron chi connectivity index (χ2n) is 6.10. The maximum atomic E-state index is 12.7. The number of aliphatic carboxylic acids is 2. The van der Waals surface area contributed by atoms with Gasteiger partial charge in [-0.15, -0.1) is 4.83 Å². The molecular formula is C17H21N3O6S. The van der Waals surface area contributed by atoms with Crippen molar-refractivity contribution in [2.45, 2.75) is 23.8 Å². The number of carbonyl (C=O) groups is 2. The fraction of sp³-hybridized carbons (Fsp3) is 0.294. The zero-order valence-electron chi connectivity index (χ0n) is 14.8. The Morgan fingerprint density at radius 2 is 1.70 bits per heavy atom. The smallest absolute Gasteiger partial charge is 0.322 e. The van der Waals surface area contributed by atoms with E-state index in [2.05, 4.69) is 10.3 Å². The Kier molecular flexibility index (Phi) is 6.37. The van der Waals surface area contributed by atoms with E-state index in [4.69, 9.17) is 10.2 Å². The summed E-state index contributed by atoms with van der Waals surface area (Å²) in [5.41, 5.74) is 3.04. The molecule has 0 saturated carbocycles. The predicted octanol–water partition coefficient (Wildman–Crippen LogP) is 1.01. The van der Waals surface area contributed by atoms with Gasteiger partial charge >= 0.3 is 11.9 Å². The number of rotatable bonds is 9. The van der Waals surface area contributed by atoms with Gasteiger partial charge in [0, 0.05) is 37.0 Å². The Morgan fingerprint density at radius 3 is 2.30 bits per heavy atom. The largest absolute Gasteiger partial charge is 0.481 e. The first-order valence-electron chi connectivity index (χ1n) is 8.04. The number of carboxylic acids is 2. The number of fused-ring (bicyclic) bond motifs is 1. The highest BCUT2D eigenvalue weighted by Crippen LogP contribution is 2.29. The van der Waals surface area contributed by atoms with E-state index in [1.54, 1.807) is 24.3 Å². The minimum absolute atomic E-state index is 0.0152. The Bertz CT molecular complexity index is 958. The quantitative estimate of drug-likeness (QED) is 0.462. The molecule has 1 atom stereocenters. The van der Waals surface area contributed by atoms with Gasteiger partial charge in [-0.05, 0) is 18.6 Å². The second kappa shape index (κ2) is 8.33. The zero-order valence-corrected chi connectivity index (χ0v) is 15.7. The molecule has 0 radical (unpaired) electrons. The number of benzene rings is 2. The van der Waals surface area contributed by atoms with Gasteiger partial charge in [-0.2, -0.15) is 0 Å². The van der Waals surface area contributed by atoms with Gasteiger partial charge in [-0.1, -0.05) is 24.3 Å². The molecule has 2 rings (SSSR count). The molecule has 0 heterocycles. The summed E-state index contributed by atoms with van der Waals surface area (Å²) in [7, 11) is -0.401. The van der Waals surface area contributed by atoms with E-state index in [-0.39, 0.29) is 11.3 Å². The molecule has 0 fully saturated rings. The predicted molar refractivity (Wildman–Crippen MR) is 100 cm³/mol. The van der Waals surface area contributed by atoms with Crippen LogP contribution in [0.4, 0.5) is 5.69 Å². The van der Waals surface area contributed by atoms with E-state index in [1.807, 2.05) is 25.1 Å². The lowest BCUT2D eigenvalue weighted by molar-refractivity contribution is -0.140. The molecule has 9 nitrogen and oxygen atoms in total. The highest BCUT2D eigenvalue weighted by Gasteiger charge is 2.23. The van der Waals surface area contributed by atoms with Crippen LogP contribution in [0, 0.1) is 0 Å². The van der Waals surface area contributed by atoms with Crippen LogP contribution in [-0.4, -0.2) is 50.7 Å². The fourth-order valence-electron chi connectivity index (χ4n) is 2.62. The summed E-state index contributed by atoms with van der Waals surface area (Å²) in [6.07, 6.45) is -0.681. The van der Waals surface area contributed by atoms with Gasteiger partial charge < -0.3 is 15.1 Å². The van der Waals surface area contributed by atoms with Crippen LogP contribution in [0.3, 0.4) is 0 Å². The van der Waals surface area contributed by atoms with Crippen LogP contribution >= 0.6 is 0 Å². The average Bonchev–Trinajstić information content (AvgIpc) is 2.59. The molecule has 146 valence electrons. The van der Waals surface area contributed by atoms with Gasteiger partial charge in [0.2, 0.25) is 0 Å². The van der Waals surface area contributed by atoms with E-state index >= 15 is 0 Å². The molecule has 2 aromatic rings. The number of nitrogens with one attached hydrogen (secondary N) is 2. The summed E-state index contributed by atoms with van der Waals surface area (Å²) in [4.78, 5) is 25.7. The lowest BCUT2D eigenvalue weighted by Gasteiger charge is -2.18. The van der Waals surface area contributed by atoms with E-state index in [0.717, 1.165) is 11.1 Å². The fourth-order valence-corrected chi connectivity index (χ4v) is 3.75. The van der Waals surface area contributed by atoms with Crippen LogP contribution in [0.5, 0.6) is 0 Å². The molecule has 0 aliphatic carbocycles. The lowest BCUT2D eigenvalue weighted by Crippen LogP contribution is -2.48. The van der Waals surface area contributed by atoms with Gasteiger partial charge in [0.05, 0.1) is 4.90 Å². The zero-order chi connectivity index (χ0) is 20.2. The van der Waals surface area contributed by atoms with Crippen molar-refractivity contribution in [2.75, 3.05) is 19.0 Å². The highest BCUT2D eigenvalue weighted by molar-refractivity contribution is 7.89. The van der Waals surface area contributed by atoms with Crippen molar-refractivity contribution in [2.24, 2.45) is 0 Å². The highest BCUT2D eigenvalue weighted by atomic mass is 32.2. The molecule has 0 saturated heterocycles. The van der Waals surface area contributed by atoms with Crippen LogP contribution in [0.1, 0.15) is 12.8 Å². The van der Waals surface area contributed by atoms with Gasteiger partial charge in [0.1, 0.15) is 6.04 Å². The number of sulfonamides is 1. The third-order valence-corrected chi connectivity index (χ3v) is 5.26. The Balaban J connectivity index is 2.32. The van der Waals surface area contributed by atoms with Gasteiger partial charge in [-0.25, -0.2) is 13.8 Å². The van der Waals surface area contributed by atoms with Crippen LogP contribution in [0.25, 0.3) is 10.8 Å². The van der Waals surface area contributed by atoms with E-state index in [0.29, 0.717) is 5.39 Å². The third kappa shape index (κ3) is 4.94. The van der Waals surface area contributed by atoms with Crippen molar-refractivity contribution in [3.63, 3.8) is 0 Å². The number of hydrazine groups is 1.